The van der Waals surface area contributed by atoms with Crippen molar-refractivity contribution in [2.75, 3.05) is 0 Å². The monoisotopic (exact) mass is 492 g/mol. The van der Waals surface area contributed by atoms with Crippen LogP contribution in [0.15, 0.2) is 33.7 Å². The predicted molar refractivity (Wildman–Crippen MR) is 142 cm³/mol. The van der Waals surface area contributed by atoms with Crippen LogP contribution < -0.4 is 0 Å². The Morgan fingerprint density at radius 2 is 1.07 bits per heavy atom. The van der Waals surface area contributed by atoms with Gasteiger partial charge in [0.05, 0.1) is 0 Å². The molecule has 0 aromatic rings. The zero-order valence-electron chi connectivity index (χ0n) is 21.8. The van der Waals surface area contributed by atoms with Crippen molar-refractivity contribution < 1.29 is 19.2 Å². The van der Waals surface area contributed by atoms with Gasteiger partial charge in [-0.3, -0.25) is 12.2 Å². The van der Waals surface area contributed by atoms with Gasteiger partial charge in [0.2, 0.25) is 0 Å². The normalized spacial score (nSPS) is 15.9. The summed E-state index contributed by atoms with van der Waals surface area (Å²) in [7, 11) is -2.15. The van der Waals surface area contributed by atoms with E-state index < -0.39 is 16.1 Å². The van der Waals surface area contributed by atoms with Crippen LogP contribution in [-0.4, -0.2) is 22.3 Å². The minimum absolute atomic E-state index is 0.120. The molecular weight excluding hydrogens is 444 g/mol. The maximum absolute atomic E-state index is 3.54. The minimum atomic E-state index is -1.08. The molecule has 0 atom stereocenters. The Hall–Kier alpha value is 0.325. The topological polar surface area (TPSA) is 0 Å². The molecule has 0 aromatic carbocycles. The summed E-state index contributed by atoms with van der Waals surface area (Å²) in [5.74, 6) is 0. The second-order valence-electron chi connectivity index (χ2n) is 10.8. The first kappa shape index (κ1) is 30.3. The molecule has 0 heterocycles. The fourth-order valence-electron chi connectivity index (χ4n) is 3.12. The first-order valence-corrected chi connectivity index (χ1v) is 23.8. The van der Waals surface area contributed by atoms with Gasteiger partial charge in [0.15, 0.2) is 0 Å². The van der Waals surface area contributed by atoms with Crippen molar-refractivity contribution in [1.29, 1.82) is 0 Å². The number of hydrogen-bond acceptors (Lipinski definition) is 0. The van der Waals surface area contributed by atoms with Crippen molar-refractivity contribution in [2.24, 2.45) is 0 Å². The average molecular weight is 493 g/mol. The van der Waals surface area contributed by atoms with Gasteiger partial charge >= 0.3 is 38.5 Å². The first-order chi connectivity index (χ1) is 13.8. The Morgan fingerprint density at radius 3 is 1.27 bits per heavy atom. The van der Waals surface area contributed by atoms with Crippen molar-refractivity contribution in [2.45, 2.75) is 118 Å². The zero-order chi connectivity index (χ0) is 23.4. The van der Waals surface area contributed by atoms with Crippen LogP contribution in [0.1, 0.15) is 65.2 Å². The molecule has 4 heteroatoms. The van der Waals surface area contributed by atoms with Crippen LogP contribution in [0.4, 0.5) is 0 Å². The fraction of sp³-hybridized carbons (Fsp3) is 0.692. The van der Waals surface area contributed by atoms with Crippen molar-refractivity contribution in [3.05, 3.63) is 45.8 Å². The standard InChI is InChI=1S/2C12H21Si.C2H6Si.Ti/c2*1-5-6-7-11-8-9-12(10-11)13(2,3)4;1-3-2;/h2*10H,5-8H2,1-4H3;1-2H3;/q2*-1;;+2. The van der Waals surface area contributed by atoms with E-state index in [1.54, 1.807) is 21.5 Å². The molecule has 2 aliphatic carbocycles. The molecule has 2 rings (SSSR count). The Labute approximate surface area is 204 Å². The van der Waals surface area contributed by atoms with Gasteiger partial charge in [0.25, 0.3) is 0 Å². The second-order valence-corrected chi connectivity index (χ2v) is 27.6. The maximum atomic E-state index is 3.54. The zero-order valence-corrected chi connectivity index (χ0v) is 26.4. The SMILES string of the molecule is CCCCC1=CC([Si](C)(C)C)=[C-]C1.CCCCC1=CC([Si](C)(C)C)=[C-]C1.C[Si](C)=[Ti+2]. The van der Waals surface area contributed by atoms with E-state index >= 15 is 0 Å². The van der Waals surface area contributed by atoms with E-state index in [1.165, 1.54) is 38.5 Å². The molecule has 0 saturated heterocycles. The Balaban J connectivity index is 0.000000477. The summed E-state index contributed by atoms with van der Waals surface area (Å²) in [4.78, 5) is 0. The molecule has 0 radical (unpaired) electrons. The quantitative estimate of drug-likeness (QED) is 0.234. The van der Waals surface area contributed by atoms with Crippen molar-refractivity contribution in [1.82, 2.24) is 0 Å². The van der Waals surface area contributed by atoms with Crippen molar-refractivity contribution >= 4 is 22.3 Å². The summed E-state index contributed by atoms with van der Waals surface area (Å²) in [6.07, 6.45) is 22.1. The molecule has 0 unspecified atom stereocenters. The Bertz CT molecular complexity index is 597. The van der Waals surface area contributed by atoms with Crippen LogP contribution in [0.2, 0.25) is 52.4 Å². The summed E-state index contributed by atoms with van der Waals surface area (Å²) in [6, 6.07) is 0. The number of hydrogen-bond donors (Lipinski definition) is 0. The molecule has 2 aliphatic rings. The second kappa shape index (κ2) is 15.2. The number of allylic oxidation sites excluding steroid dienone is 8. The van der Waals surface area contributed by atoms with Crippen LogP contribution in [0.25, 0.3) is 0 Å². The molecule has 0 fully saturated rings. The third-order valence-corrected chi connectivity index (χ3v) is 8.90. The van der Waals surface area contributed by atoms with Crippen LogP contribution in [0, 0.1) is 12.2 Å². The van der Waals surface area contributed by atoms with E-state index in [9.17, 15) is 0 Å². The molecule has 0 nitrogen and oxygen atoms in total. The van der Waals surface area contributed by atoms with Gasteiger partial charge in [-0.05, 0) is 12.8 Å². The van der Waals surface area contributed by atoms with Gasteiger partial charge in [-0.25, -0.2) is 22.5 Å². The molecule has 0 saturated carbocycles. The molecule has 0 amide bonds. The van der Waals surface area contributed by atoms with E-state index in [2.05, 4.69) is 110 Å². The molecule has 0 aromatic heterocycles. The summed E-state index contributed by atoms with van der Waals surface area (Å²) in [5.41, 5.74) is 3.22. The number of unbranched alkanes of at least 4 members (excludes halogenated alkanes) is 2. The van der Waals surface area contributed by atoms with Crippen LogP contribution >= 0.6 is 0 Å². The third-order valence-electron chi connectivity index (χ3n) is 5.03. The number of rotatable bonds is 8. The van der Waals surface area contributed by atoms with Crippen LogP contribution in [0.3, 0.4) is 0 Å². The summed E-state index contributed by atoms with van der Waals surface area (Å²) >= 11 is 2.27. The molecule has 0 spiro atoms. The third kappa shape index (κ3) is 14.4. The average Bonchev–Trinajstić information content (AvgIpc) is 3.27. The summed E-state index contributed by atoms with van der Waals surface area (Å²) in [6.45, 7) is 23.4. The van der Waals surface area contributed by atoms with Crippen LogP contribution in [-0.2, 0) is 19.2 Å². The molecular formula is C26H48Si3Ti. The fourth-order valence-corrected chi connectivity index (χ4v) is 5.63. The molecule has 0 bridgehead atoms. The van der Waals surface area contributed by atoms with E-state index in [-0.39, 0.29) is 6.19 Å². The first-order valence-electron chi connectivity index (χ1n) is 11.9. The molecule has 0 N–H and O–H groups in total. The van der Waals surface area contributed by atoms with Gasteiger partial charge in [-0.15, -0.1) is 12.8 Å². The summed E-state index contributed by atoms with van der Waals surface area (Å²) < 4.78 is 0. The van der Waals surface area contributed by atoms with Gasteiger partial charge in [-0.1, -0.05) is 78.8 Å². The van der Waals surface area contributed by atoms with E-state index in [0.29, 0.717) is 0 Å². The Kier molecular flexibility index (Phi) is 15.4. The van der Waals surface area contributed by atoms with E-state index in [1.807, 2.05) is 0 Å². The van der Waals surface area contributed by atoms with Gasteiger partial charge in [0.1, 0.15) is 0 Å². The van der Waals surface area contributed by atoms with Gasteiger partial charge in [0, 0.05) is 16.1 Å². The van der Waals surface area contributed by atoms with E-state index in [0.717, 1.165) is 12.8 Å². The van der Waals surface area contributed by atoms with Gasteiger partial charge in [-0.2, -0.15) is 11.1 Å². The predicted octanol–water partition coefficient (Wildman–Crippen LogP) is 9.01. The molecule has 168 valence electrons. The Morgan fingerprint density at radius 1 is 0.767 bits per heavy atom. The van der Waals surface area contributed by atoms with Crippen molar-refractivity contribution in [3.63, 3.8) is 0 Å². The van der Waals surface area contributed by atoms with Crippen LogP contribution in [0.5, 0.6) is 0 Å². The van der Waals surface area contributed by atoms with Crippen molar-refractivity contribution in [3.8, 4) is 0 Å². The van der Waals surface area contributed by atoms with E-state index in [4.69, 9.17) is 0 Å². The molecule has 30 heavy (non-hydrogen) atoms. The van der Waals surface area contributed by atoms with Gasteiger partial charge < -0.3 is 0 Å². The summed E-state index contributed by atoms with van der Waals surface area (Å²) in [5, 5.41) is 3.08. The molecule has 0 aliphatic heterocycles.